The average Bonchev–Trinajstić information content (AvgIpc) is 3.41. The molecule has 0 aliphatic carbocycles. The van der Waals surface area contributed by atoms with Gasteiger partial charge >= 0.3 is 0 Å². The van der Waals surface area contributed by atoms with E-state index in [2.05, 4.69) is 4.98 Å². The Morgan fingerprint density at radius 1 is 1.10 bits per heavy atom. The summed E-state index contributed by atoms with van der Waals surface area (Å²) in [5, 5.41) is 22.5. The fourth-order valence-electron chi connectivity index (χ4n) is 2.89. The molecule has 0 atom stereocenters. The topological polar surface area (TPSA) is 133 Å². The molecule has 0 fully saturated rings. The number of carbonyl (C=O) groups is 1. The Hall–Kier alpha value is -4.19. The molecule has 2 aromatic heterocycles. The SMILES string of the molecule is O=C(c1cc([N+](=O)[O-])cc([N+](=O)[O-])c1)N(Cc1ccco1)c1nc2c(F)cccc2s1. The maximum Gasteiger partial charge on any atom is 0.277 e. The number of furan rings is 1. The van der Waals surface area contributed by atoms with Gasteiger partial charge < -0.3 is 4.42 Å². The Morgan fingerprint density at radius 3 is 2.39 bits per heavy atom. The summed E-state index contributed by atoms with van der Waals surface area (Å²) < 4.78 is 19.9. The second-order valence-electron chi connectivity index (χ2n) is 6.31. The second kappa shape index (κ2) is 7.91. The summed E-state index contributed by atoms with van der Waals surface area (Å²) in [7, 11) is 0. The van der Waals surface area contributed by atoms with Gasteiger partial charge in [-0.1, -0.05) is 17.4 Å². The van der Waals surface area contributed by atoms with E-state index in [1.54, 1.807) is 18.2 Å². The summed E-state index contributed by atoms with van der Waals surface area (Å²) in [5.74, 6) is -0.993. The lowest BCUT2D eigenvalue weighted by Gasteiger charge is -2.18. The third-order valence-electron chi connectivity index (χ3n) is 4.30. The molecule has 10 nitrogen and oxygen atoms in total. The van der Waals surface area contributed by atoms with E-state index < -0.39 is 32.9 Å². The number of thiazole rings is 1. The number of nitro groups is 2. The van der Waals surface area contributed by atoms with Crippen molar-refractivity contribution in [3.63, 3.8) is 0 Å². The smallest absolute Gasteiger partial charge is 0.277 e. The highest BCUT2D eigenvalue weighted by molar-refractivity contribution is 7.22. The van der Waals surface area contributed by atoms with E-state index in [-0.39, 0.29) is 22.8 Å². The number of nitrogens with zero attached hydrogens (tertiary/aromatic N) is 4. The molecule has 0 saturated carbocycles. The molecule has 12 heteroatoms. The van der Waals surface area contributed by atoms with Crippen molar-refractivity contribution in [1.29, 1.82) is 0 Å². The largest absolute Gasteiger partial charge is 0.467 e. The third kappa shape index (κ3) is 3.96. The minimum atomic E-state index is -0.826. The van der Waals surface area contributed by atoms with Crippen LogP contribution in [0.3, 0.4) is 0 Å². The number of non-ortho nitro benzene ring substituents is 2. The molecule has 31 heavy (non-hydrogen) atoms. The van der Waals surface area contributed by atoms with Crippen LogP contribution in [0.1, 0.15) is 16.1 Å². The van der Waals surface area contributed by atoms with Gasteiger partial charge in [-0.15, -0.1) is 0 Å². The van der Waals surface area contributed by atoms with Crippen molar-refractivity contribution in [2.75, 3.05) is 4.90 Å². The molecule has 4 rings (SSSR count). The van der Waals surface area contributed by atoms with E-state index in [0.717, 1.165) is 34.4 Å². The number of aromatic nitrogens is 1. The maximum atomic E-state index is 14.1. The number of hydrogen-bond donors (Lipinski definition) is 0. The zero-order valence-electron chi connectivity index (χ0n) is 15.4. The molecule has 0 spiro atoms. The fourth-order valence-corrected chi connectivity index (χ4v) is 3.87. The van der Waals surface area contributed by atoms with Crippen LogP contribution in [-0.4, -0.2) is 20.7 Å². The number of benzene rings is 2. The fraction of sp³-hybridized carbons (Fsp3) is 0.0526. The van der Waals surface area contributed by atoms with Crippen molar-refractivity contribution in [2.45, 2.75) is 6.54 Å². The zero-order chi connectivity index (χ0) is 22.1. The normalized spacial score (nSPS) is 10.9. The van der Waals surface area contributed by atoms with Gasteiger partial charge in [0, 0.05) is 12.1 Å². The molecule has 0 N–H and O–H groups in total. The summed E-state index contributed by atoms with van der Waals surface area (Å²) in [5.41, 5.74) is -1.44. The highest BCUT2D eigenvalue weighted by Gasteiger charge is 2.27. The summed E-state index contributed by atoms with van der Waals surface area (Å²) in [6.45, 7) is -0.121. The number of halogens is 1. The lowest BCUT2D eigenvalue weighted by atomic mass is 10.1. The first kappa shape index (κ1) is 20.1. The number of nitro benzene ring substituents is 2. The molecule has 0 radical (unpaired) electrons. The molecule has 0 aliphatic rings. The van der Waals surface area contributed by atoms with Crippen LogP contribution >= 0.6 is 11.3 Å². The van der Waals surface area contributed by atoms with Crippen molar-refractivity contribution < 1.29 is 23.4 Å². The molecular weight excluding hydrogens is 431 g/mol. The molecule has 0 unspecified atom stereocenters. The van der Waals surface area contributed by atoms with Crippen LogP contribution in [0, 0.1) is 26.0 Å². The van der Waals surface area contributed by atoms with E-state index in [4.69, 9.17) is 4.42 Å². The van der Waals surface area contributed by atoms with Gasteiger partial charge in [-0.2, -0.15) is 0 Å². The molecular formula is C19H11FN4O6S. The van der Waals surface area contributed by atoms with Crippen LogP contribution in [0.4, 0.5) is 20.9 Å². The Morgan fingerprint density at radius 2 is 1.81 bits per heavy atom. The van der Waals surface area contributed by atoms with Crippen molar-refractivity contribution in [3.8, 4) is 0 Å². The van der Waals surface area contributed by atoms with Gasteiger partial charge in [0.25, 0.3) is 17.3 Å². The number of carbonyl (C=O) groups excluding carboxylic acids is 1. The van der Waals surface area contributed by atoms with Crippen LogP contribution < -0.4 is 4.90 Å². The first-order valence-electron chi connectivity index (χ1n) is 8.66. The monoisotopic (exact) mass is 442 g/mol. The van der Waals surface area contributed by atoms with Crippen molar-refractivity contribution in [3.05, 3.63) is 92.2 Å². The molecule has 0 bridgehead atoms. The Bertz CT molecular complexity index is 1290. The zero-order valence-corrected chi connectivity index (χ0v) is 16.2. The number of fused-ring (bicyclic) bond motifs is 1. The van der Waals surface area contributed by atoms with Crippen molar-refractivity contribution in [2.24, 2.45) is 0 Å². The Labute approximate surface area is 176 Å². The predicted octanol–water partition coefficient (Wildman–Crippen LogP) is 4.69. The van der Waals surface area contributed by atoms with E-state index >= 15 is 0 Å². The van der Waals surface area contributed by atoms with E-state index in [1.165, 1.54) is 18.4 Å². The van der Waals surface area contributed by atoms with Gasteiger partial charge in [0.1, 0.15) is 17.1 Å². The standard InChI is InChI=1S/C19H11FN4O6S/c20-15-4-1-5-16-17(15)21-19(31-16)22(10-14-3-2-6-30-14)18(25)11-7-12(23(26)27)9-13(8-11)24(28)29/h1-9H,10H2. The quantitative estimate of drug-likeness (QED) is 0.312. The Balaban J connectivity index is 1.83. The second-order valence-corrected chi connectivity index (χ2v) is 7.32. The number of anilines is 1. The highest BCUT2D eigenvalue weighted by atomic mass is 32.1. The van der Waals surface area contributed by atoms with E-state index in [1.807, 2.05) is 0 Å². The van der Waals surface area contributed by atoms with Gasteiger partial charge in [0.05, 0.1) is 39.0 Å². The lowest BCUT2D eigenvalue weighted by molar-refractivity contribution is -0.394. The van der Waals surface area contributed by atoms with Crippen molar-refractivity contribution >= 4 is 44.0 Å². The molecule has 0 aliphatic heterocycles. The molecule has 2 heterocycles. The van der Waals surface area contributed by atoms with Crippen LogP contribution in [0.2, 0.25) is 0 Å². The number of amides is 1. The first-order chi connectivity index (χ1) is 14.8. The van der Waals surface area contributed by atoms with Gasteiger partial charge in [-0.25, -0.2) is 9.37 Å². The van der Waals surface area contributed by atoms with Crippen LogP contribution in [0.15, 0.2) is 59.2 Å². The lowest BCUT2D eigenvalue weighted by Crippen LogP contribution is -2.30. The van der Waals surface area contributed by atoms with Gasteiger partial charge in [-0.3, -0.25) is 29.9 Å². The van der Waals surface area contributed by atoms with E-state index in [9.17, 15) is 29.4 Å². The Kier molecular flexibility index (Phi) is 5.13. The highest BCUT2D eigenvalue weighted by Crippen LogP contribution is 2.33. The molecule has 4 aromatic rings. The van der Waals surface area contributed by atoms with Gasteiger partial charge in [0.2, 0.25) is 0 Å². The molecule has 156 valence electrons. The minimum Gasteiger partial charge on any atom is -0.467 e. The summed E-state index contributed by atoms with van der Waals surface area (Å²) in [6.07, 6.45) is 1.40. The van der Waals surface area contributed by atoms with E-state index in [0.29, 0.717) is 10.5 Å². The number of rotatable bonds is 6. The number of para-hydroxylation sites is 1. The van der Waals surface area contributed by atoms with Crippen molar-refractivity contribution in [1.82, 2.24) is 4.98 Å². The van der Waals surface area contributed by atoms with Gasteiger partial charge in [-0.05, 0) is 24.3 Å². The maximum absolute atomic E-state index is 14.1. The van der Waals surface area contributed by atoms with Gasteiger partial charge in [0.15, 0.2) is 5.13 Å². The summed E-state index contributed by atoms with van der Waals surface area (Å²) in [6, 6.07) is 10.2. The first-order valence-corrected chi connectivity index (χ1v) is 9.48. The number of hydrogen-bond acceptors (Lipinski definition) is 8. The summed E-state index contributed by atoms with van der Waals surface area (Å²) >= 11 is 1.03. The summed E-state index contributed by atoms with van der Waals surface area (Å²) in [4.78, 5) is 39.4. The predicted molar refractivity (Wildman–Crippen MR) is 109 cm³/mol. The minimum absolute atomic E-state index is 0.0600. The molecule has 1 amide bonds. The molecule has 0 saturated heterocycles. The average molecular weight is 442 g/mol. The van der Waals surface area contributed by atoms with Crippen LogP contribution in [-0.2, 0) is 6.54 Å². The molecule has 2 aromatic carbocycles. The van der Waals surface area contributed by atoms with Crippen LogP contribution in [0.5, 0.6) is 0 Å². The third-order valence-corrected chi connectivity index (χ3v) is 5.34. The van der Waals surface area contributed by atoms with Crippen LogP contribution in [0.25, 0.3) is 10.2 Å².